The van der Waals surface area contributed by atoms with E-state index in [4.69, 9.17) is 28.9 Å². The van der Waals surface area contributed by atoms with Gasteiger partial charge >= 0.3 is 0 Å². The highest BCUT2D eigenvalue weighted by molar-refractivity contribution is 6.35. The molecule has 1 heterocycles. The Balaban J connectivity index is 0.00000169. The molecule has 0 radical (unpaired) electrons. The zero-order chi connectivity index (χ0) is 9.84. The minimum absolute atomic E-state index is 0. The predicted molar refractivity (Wildman–Crippen MR) is 63.3 cm³/mol. The third-order valence-corrected chi connectivity index (χ3v) is 2.46. The topological polar surface area (TPSA) is 38.9 Å². The molecule has 2 nitrogen and oxygen atoms in total. The lowest BCUT2D eigenvalue weighted by atomic mass is 10.0. The highest BCUT2D eigenvalue weighted by Gasteiger charge is 2.13. The van der Waals surface area contributed by atoms with Crippen LogP contribution in [-0.2, 0) is 0 Å². The standard InChI is InChI=1S/C9H12Cl2N2.ClH/c1-2-3-8(12)9-6(10)4-13-5-7(9)11;/h4-5,8H,2-3,12H2,1H3;1H/t8-;/m1./s1. The number of nitrogens with two attached hydrogens (primary N) is 1. The van der Waals surface area contributed by atoms with Crippen LogP contribution in [0.25, 0.3) is 0 Å². The largest absolute Gasteiger partial charge is 0.324 e. The van der Waals surface area contributed by atoms with Crippen LogP contribution in [-0.4, -0.2) is 4.98 Å². The molecule has 0 aliphatic heterocycles. The first-order valence-corrected chi connectivity index (χ1v) is 4.97. The van der Waals surface area contributed by atoms with Gasteiger partial charge in [-0.05, 0) is 6.42 Å². The molecule has 0 aromatic carbocycles. The summed E-state index contributed by atoms with van der Waals surface area (Å²) in [7, 11) is 0. The zero-order valence-electron chi connectivity index (χ0n) is 7.84. The van der Waals surface area contributed by atoms with Crippen LogP contribution in [0, 0.1) is 0 Å². The maximum Gasteiger partial charge on any atom is 0.0651 e. The molecule has 0 aliphatic rings. The van der Waals surface area contributed by atoms with Crippen molar-refractivity contribution in [1.82, 2.24) is 4.98 Å². The van der Waals surface area contributed by atoms with E-state index in [2.05, 4.69) is 11.9 Å². The van der Waals surface area contributed by atoms with Gasteiger partial charge in [-0.3, -0.25) is 4.98 Å². The molecule has 0 amide bonds. The molecule has 1 atom stereocenters. The van der Waals surface area contributed by atoms with E-state index in [9.17, 15) is 0 Å². The molecular formula is C9H13Cl3N2. The Morgan fingerprint density at radius 1 is 1.36 bits per heavy atom. The van der Waals surface area contributed by atoms with Crippen molar-refractivity contribution in [3.8, 4) is 0 Å². The van der Waals surface area contributed by atoms with Crippen LogP contribution in [0.5, 0.6) is 0 Å². The van der Waals surface area contributed by atoms with Crippen molar-refractivity contribution in [3.05, 3.63) is 28.0 Å². The fourth-order valence-electron chi connectivity index (χ4n) is 1.23. The highest BCUT2D eigenvalue weighted by atomic mass is 35.5. The van der Waals surface area contributed by atoms with E-state index in [0.29, 0.717) is 10.0 Å². The van der Waals surface area contributed by atoms with E-state index in [1.54, 1.807) is 12.4 Å². The summed E-state index contributed by atoms with van der Waals surface area (Å²) in [6.07, 6.45) is 5.02. The molecule has 80 valence electrons. The predicted octanol–water partition coefficient (Wildman–Crippen LogP) is 3.61. The van der Waals surface area contributed by atoms with Crippen molar-refractivity contribution in [2.75, 3.05) is 0 Å². The summed E-state index contributed by atoms with van der Waals surface area (Å²) in [6.45, 7) is 2.07. The summed E-state index contributed by atoms with van der Waals surface area (Å²) in [6, 6.07) is -0.0898. The minimum atomic E-state index is -0.0898. The van der Waals surface area contributed by atoms with E-state index < -0.39 is 0 Å². The summed E-state index contributed by atoms with van der Waals surface area (Å²) in [5.74, 6) is 0. The van der Waals surface area contributed by atoms with Crippen molar-refractivity contribution in [2.45, 2.75) is 25.8 Å². The number of nitrogens with zero attached hydrogens (tertiary/aromatic N) is 1. The summed E-state index contributed by atoms with van der Waals surface area (Å²) >= 11 is 11.9. The van der Waals surface area contributed by atoms with Gasteiger partial charge in [-0.25, -0.2) is 0 Å². The van der Waals surface area contributed by atoms with Crippen molar-refractivity contribution < 1.29 is 0 Å². The summed E-state index contributed by atoms with van der Waals surface area (Å²) in [4.78, 5) is 3.87. The van der Waals surface area contributed by atoms with E-state index in [1.165, 1.54) is 0 Å². The Hall–Kier alpha value is -0.0200. The molecule has 1 aromatic heterocycles. The van der Waals surface area contributed by atoms with Gasteiger partial charge in [0.25, 0.3) is 0 Å². The summed E-state index contributed by atoms with van der Waals surface area (Å²) < 4.78 is 0. The Morgan fingerprint density at radius 2 is 1.86 bits per heavy atom. The van der Waals surface area contributed by atoms with Gasteiger partial charge in [0.1, 0.15) is 0 Å². The average Bonchev–Trinajstić information content (AvgIpc) is 2.04. The highest BCUT2D eigenvalue weighted by Crippen LogP contribution is 2.29. The van der Waals surface area contributed by atoms with Gasteiger partial charge in [0.05, 0.1) is 10.0 Å². The van der Waals surface area contributed by atoms with Crippen molar-refractivity contribution in [2.24, 2.45) is 5.73 Å². The van der Waals surface area contributed by atoms with Crippen LogP contribution in [0.1, 0.15) is 31.4 Å². The Bertz CT molecular complexity index is 271. The molecule has 0 spiro atoms. The third-order valence-electron chi connectivity index (χ3n) is 1.86. The van der Waals surface area contributed by atoms with E-state index in [-0.39, 0.29) is 18.4 Å². The second-order valence-corrected chi connectivity index (χ2v) is 3.73. The molecule has 5 heteroatoms. The zero-order valence-corrected chi connectivity index (χ0v) is 10.2. The number of hydrogen-bond acceptors (Lipinski definition) is 2. The first-order chi connectivity index (χ1) is 6.16. The number of pyridine rings is 1. The van der Waals surface area contributed by atoms with Crippen LogP contribution in [0.15, 0.2) is 12.4 Å². The van der Waals surface area contributed by atoms with Crippen molar-refractivity contribution >= 4 is 35.6 Å². The number of aromatic nitrogens is 1. The number of rotatable bonds is 3. The Labute approximate surface area is 100 Å². The van der Waals surface area contributed by atoms with Gasteiger partial charge < -0.3 is 5.73 Å². The number of halogens is 3. The molecule has 0 bridgehead atoms. The molecular weight excluding hydrogens is 242 g/mol. The smallest absolute Gasteiger partial charge is 0.0651 e. The first-order valence-electron chi connectivity index (χ1n) is 4.21. The average molecular weight is 256 g/mol. The third kappa shape index (κ3) is 3.28. The summed E-state index contributed by atoms with van der Waals surface area (Å²) in [5, 5.41) is 1.10. The van der Waals surface area contributed by atoms with Crippen LogP contribution in [0.2, 0.25) is 10.0 Å². The lowest BCUT2D eigenvalue weighted by molar-refractivity contribution is 0.638. The van der Waals surface area contributed by atoms with Gasteiger partial charge in [0.15, 0.2) is 0 Å². The lowest BCUT2D eigenvalue weighted by Crippen LogP contribution is -2.11. The quantitative estimate of drug-likeness (QED) is 0.896. The Kier molecular flexibility index (Phi) is 6.45. The molecule has 0 saturated carbocycles. The second-order valence-electron chi connectivity index (χ2n) is 2.91. The van der Waals surface area contributed by atoms with E-state index in [1.807, 2.05) is 0 Å². The molecule has 0 aliphatic carbocycles. The monoisotopic (exact) mass is 254 g/mol. The van der Waals surface area contributed by atoms with Gasteiger partial charge in [-0.15, -0.1) is 12.4 Å². The van der Waals surface area contributed by atoms with Gasteiger partial charge in [-0.2, -0.15) is 0 Å². The fraction of sp³-hybridized carbons (Fsp3) is 0.444. The van der Waals surface area contributed by atoms with Crippen molar-refractivity contribution in [1.29, 1.82) is 0 Å². The molecule has 0 fully saturated rings. The van der Waals surface area contributed by atoms with Crippen LogP contribution in [0.4, 0.5) is 0 Å². The maximum atomic E-state index is 5.93. The molecule has 1 aromatic rings. The first kappa shape index (κ1) is 14.0. The Morgan fingerprint density at radius 3 is 2.29 bits per heavy atom. The maximum absolute atomic E-state index is 5.93. The molecule has 2 N–H and O–H groups in total. The van der Waals surface area contributed by atoms with Crippen LogP contribution < -0.4 is 5.73 Å². The normalized spacial score (nSPS) is 12.0. The lowest BCUT2D eigenvalue weighted by Gasteiger charge is -2.13. The van der Waals surface area contributed by atoms with E-state index in [0.717, 1.165) is 18.4 Å². The summed E-state index contributed by atoms with van der Waals surface area (Å²) in [5.41, 5.74) is 6.72. The number of hydrogen-bond donors (Lipinski definition) is 1. The molecule has 14 heavy (non-hydrogen) atoms. The second kappa shape index (κ2) is 6.46. The fourth-order valence-corrected chi connectivity index (χ4v) is 1.88. The van der Waals surface area contributed by atoms with Gasteiger partial charge in [0, 0.05) is 24.0 Å². The minimum Gasteiger partial charge on any atom is -0.324 e. The molecule has 0 saturated heterocycles. The van der Waals surface area contributed by atoms with Crippen molar-refractivity contribution in [3.63, 3.8) is 0 Å². The molecule has 1 rings (SSSR count). The van der Waals surface area contributed by atoms with Gasteiger partial charge in [0.2, 0.25) is 0 Å². The van der Waals surface area contributed by atoms with Crippen LogP contribution in [0.3, 0.4) is 0 Å². The SMILES string of the molecule is CCC[C@@H](N)c1c(Cl)cncc1Cl.Cl. The molecule has 0 unspecified atom stereocenters. The van der Waals surface area contributed by atoms with Gasteiger partial charge in [-0.1, -0.05) is 36.5 Å². The van der Waals surface area contributed by atoms with E-state index >= 15 is 0 Å². The van der Waals surface area contributed by atoms with Crippen LogP contribution >= 0.6 is 35.6 Å².